The highest BCUT2D eigenvalue weighted by Crippen LogP contribution is 2.17. The van der Waals surface area contributed by atoms with Crippen molar-refractivity contribution in [2.24, 2.45) is 0 Å². The fourth-order valence-electron chi connectivity index (χ4n) is 3.40. The molecule has 0 bridgehead atoms. The molecule has 3 rings (SSSR count). The highest BCUT2D eigenvalue weighted by atomic mass is 15.2. The van der Waals surface area contributed by atoms with Gasteiger partial charge >= 0.3 is 0 Å². The molecule has 1 aromatic heterocycles. The molecule has 1 aliphatic heterocycles. The molecule has 0 saturated carbocycles. The molecule has 1 aliphatic rings. The van der Waals surface area contributed by atoms with E-state index in [0.29, 0.717) is 0 Å². The Morgan fingerprint density at radius 1 is 1.28 bits per heavy atom. The maximum atomic E-state index is 3.40. The maximum Gasteiger partial charge on any atom is 0.105 e. The number of hydrogen-bond donors (Lipinski definition) is 2. The van der Waals surface area contributed by atoms with Gasteiger partial charge in [-0.15, -0.1) is 0 Å². The SMILES string of the molecule is CCC1CCCC[NH+]1Cc1c[nH]c2ccccc12. The fourth-order valence-corrected chi connectivity index (χ4v) is 3.40. The van der Waals surface area contributed by atoms with Gasteiger partial charge in [-0.3, -0.25) is 0 Å². The predicted molar refractivity (Wildman–Crippen MR) is 75.8 cm³/mol. The van der Waals surface area contributed by atoms with Gasteiger partial charge in [0.1, 0.15) is 6.54 Å². The minimum Gasteiger partial charge on any atom is -0.361 e. The third kappa shape index (κ3) is 2.17. The number of aromatic amines is 1. The molecule has 2 heterocycles. The summed E-state index contributed by atoms with van der Waals surface area (Å²) >= 11 is 0. The zero-order valence-electron chi connectivity index (χ0n) is 11.2. The number of rotatable bonds is 3. The van der Waals surface area contributed by atoms with Gasteiger partial charge < -0.3 is 9.88 Å². The van der Waals surface area contributed by atoms with Crippen molar-refractivity contribution < 1.29 is 4.90 Å². The number of para-hydroxylation sites is 1. The Morgan fingerprint density at radius 2 is 2.17 bits per heavy atom. The molecule has 2 atom stereocenters. The summed E-state index contributed by atoms with van der Waals surface area (Å²) in [5.74, 6) is 0. The van der Waals surface area contributed by atoms with Gasteiger partial charge in [0, 0.05) is 22.7 Å². The molecule has 0 spiro atoms. The summed E-state index contributed by atoms with van der Waals surface area (Å²) in [4.78, 5) is 5.18. The zero-order chi connectivity index (χ0) is 12.4. The summed E-state index contributed by atoms with van der Waals surface area (Å²) < 4.78 is 0. The van der Waals surface area contributed by atoms with Crippen LogP contribution in [-0.2, 0) is 6.54 Å². The van der Waals surface area contributed by atoms with Gasteiger partial charge in [-0.1, -0.05) is 25.1 Å². The standard InChI is InChI=1S/C16H22N2/c1-2-14-7-5-6-10-18(14)12-13-11-17-16-9-4-3-8-15(13)16/h3-4,8-9,11,14,17H,2,5-7,10,12H2,1H3/p+1. The Balaban J connectivity index is 1.82. The van der Waals surface area contributed by atoms with E-state index in [1.807, 2.05) is 0 Å². The smallest absolute Gasteiger partial charge is 0.105 e. The topological polar surface area (TPSA) is 20.2 Å². The molecule has 1 fully saturated rings. The number of H-pyrrole nitrogens is 1. The van der Waals surface area contributed by atoms with Crippen molar-refractivity contribution in [1.29, 1.82) is 0 Å². The van der Waals surface area contributed by atoms with Crippen LogP contribution in [0.5, 0.6) is 0 Å². The number of aromatic nitrogens is 1. The number of hydrogen-bond acceptors (Lipinski definition) is 0. The van der Waals surface area contributed by atoms with E-state index in [1.165, 1.54) is 55.2 Å². The second-order valence-electron chi connectivity index (χ2n) is 5.55. The lowest BCUT2D eigenvalue weighted by Crippen LogP contribution is -3.15. The summed E-state index contributed by atoms with van der Waals surface area (Å²) in [6.07, 6.45) is 7.76. The minimum atomic E-state index is 0.868. The Morgan fingerprint density at radius 3 is 3.06 bits per heavy atom. The van der Waals surface area contributed by atoms with Crippen molar-refractivity contribution in [1.82, 2.24) is 4.98 Å². The molecule has 96 valence electrons. The zero-order valence-corrected chi connectivity index (χ0v) is 11.2. The average Bonchev–Trinajstić information content (AvgIpc) is 2.83. The lowest BCUT2D eigenvalue weighted by molar-refractivity contribution is -0.943. The van der Waals surface area contributed by atoms with Gasteiger partial charge in [0.2, 0.25) is 0 Å². The third-order valence-corrected chi connectivity index (χ3v) is 4.46. The molecule has 0 radical (unpaired) electrons. The molecule has 0 amide bonds. The van der Waals surface area contributed by atoms with Crippen LogP contribution < -0.4 is 4.90 Å². The second-order valence-corrected chi connectivity index (χ2v) is 5.55. The van der Waals surface area contributed by atoms with Crippen LogP contribution in [0.25, 0.3) is 10.9 Å². The van der Waals surface area contributed by atoms with Crippen LogP contribution >= 0.6 is 0 Å². The first-order valence-corrected chi connectivity index (χ1v) is 7.28. The molecule has 2 N–H and O–H groups in total. The second kappa shape index (κ2) is 5.15. The van der Waals surface area contributed by atoms with Crippen LogP contribution in [0.1, 0.15) is 38.2 Å². The summed E-state index contributed by atoms with van der Waals surface area (Å²) in [6.45, 7) is 4.87. The van der Waals surface area contributed by atoms with E-state index in [9.17, 15) is 0 Å². The van der Waals surface area contributed by atoms with E-state index in [2.05, 4.69) is 42.4 Å². The Kier molecular flexibility index (Phi) is 3.37. The number of quaternary nitrogens is 1. The molecule has 18 heavy (non-hydrogen) atoms. The Labute approximate surface area is 109 Å². The average molecular weight is 243 g/mol. The van der Waals surface area contributed by atoms with Crippen molar-refractivity contribution in [2.75, 3.05) is 6.54 Å². The molecule has 2 nitrogen and oxygen atoms in total. The van der Waals surface area contributed by atoms with Gasteiger partial charge in [-0.2, -0.15) is 0 Å². The first kappa shape index (κ1) is 11.8. The van der Waals surface area contributed by atoms with Crippen LogP contribution in [0.15, 0.2) is 30.5 Å². The van der Waals surface area contributed by atoms with Gasteiger partial charge in [0.15, 0.2) is 0 Å². The first-order valence-electron chi connectivity index (χ1n) is 7.28. The van der Waals surface area contributed by atoms with Crippen molar-refractivity contribution in [3.05, 3.63) is 36.0 Å². The summed E-state index contributed by atoms with van der Waals surface area (Å²) in [5.41, 5.74) is 2.76. The first-order chi connectivity index (χ1) is 8.88. The third-order valence-electron chi connectivity index (χ3n) is 4.46. The molecule has 2 heteroatoms. The van der Waals surface area contributed by atoms with Crippen LogP contribution in [0.3, 0.4) is 0 Å². The van der Waals surface area contributed by atoms with E-state index in [1.54, 1.807) is 4.90 Å². The number of fused-ring (bicyclic) bond motifs is 1. The van der Waals surface area contributed by atoms with Crippen molar-refractivity contribution in [3.8, 4) is 0 Å². The Bertz CT molecular complexity index is 515. The molecule has 0 aliphatic carbocycles. The number of benzene rings is 1. The minimum absolute atomic E-state index is 0.868. The van der Waals surface area contributed by atoms with Gasteiger partial charge in [-0.25, -0.2) is 0 Å². The Hall–Kier alpha value is -1.28. The van der Waals surface area contributed by atoms with E-state index in [0.717, 1.165) is 6.04 Å². The van der Waals surface area contributed by atoms with Crippen LogP contribution in [0.2, 0.25) is 0 Å². The van der Waals surface area contributed by atoms with Crippen LogP contribution in [0.4, 0.5) is 0 Å². The van der Waals surface area contributed by atoms with E-state index in [-0.39, 0.29) is 0 Å². The summed E-state index contributed by atoms with van der Waals surface area (Å²) in [7, 11) is 0. The number of piperidine rings is 1. The van der Waals surface area contributed by atoms with Crippen LogP contribution in [-0.4, -0.2) is 17.6 Å². The summed E-state index contributed by atoms with van der Waals surface area (Å²) in [5, 5.41) is 1.41. The normalized spacial score (nSPS) is 24.5. The fraction of sp³-hybridized carbons (Fsp3) is 0.500. The molecule has 2 unspecified atom stereocenters. The summed E-state index contributed by atoms with van der Waals surface area (Å²) in [6, 6.07) is 9.52. The molecule has 2 aromatic rings. The quantitative estimate of drug-likeness (QED) is 0.826. The number of nitrogens with one attached hydrogen (secondary N) is 2. The highest BCUT2D eigenvalue weighted by molar-refractivity contribution is 5.82. The van der Waals surface area contributed by atoms with Gasteiger partial charge in [0.25, 0.3) is 0 Å². The molecular formula is C16H23N2+. The molecule has 1 saturated heterocycles. The van der Waals surface area contributed by atoms with Crippen molar-refractivity contribution in [2.45, 2.75) is 45.2 Å². The monoisotopic (exact) mass is 243 g/mol. The van der Waals surface area contributed by atoms with Crippen LogP contribution in [0, 0.1) is 0 Å². The molecular weight excluding hydrogens is 220 g/mol. The number of likely N-dealkylation sites (tertiary alicyclic amines) is 1. The van der Waals surface area contributed by atoms with Crippen molar-refractivity contribution in [3.63, 3.8) is 0 Å². The van der Waals surface area contributed by atoms with E-state index < -0.39 is 0 Å². The van der Waals surface area contributed by atoms with Gasteiger partial charge in [0.05, 0.1) is 12.6 Å². The molecule has 1 aromatic carbocycles. The largest absolute Gasteiger partial charge is 0.361 e. The predicted octanol–water partition coefficient (Wildman–Crippen LogP) is 2.52. The highest BCUT2D eigenvalue weighted by Gasteiger charge is 2.25. The lowest BCUT2D eigenvalue weighted by atomic mass is 9.99. The van der Waals surface area contributed by atoms with Gasteiger partial charge in [-0.05, 0) is 31.7 Å². The van der Waals surface area contributed by atoms with E-state index >= 15 is 0 Å². The maximum absolute atomic E-state index is 3.40. The lowest BCUT2D eigenvalue weighted by Gasteiger charge is -2.31. The van der Waals surface area contributed by atoms with Crippen molar-refractivity contribution >= 4 is 10.9 Å². The van der Waals surface area contributed by atoms with E-state index in [4.69, 9.17) is 0 Å².